The van der Waals surface area contributed by atoms with Crippen molar-refractivity contribution in [1.29, 1.82) is 0 Å². The highest BCUT2D eigenvalue weighted by atomic mass is 32.1. The molecule has 60 valence electrons. The Kier molecular flexibility index (Phi) is 2.27. The van der Waals surface area contributed by atoms with Crippen LogP contribution in [0.5, 0.6) is 0 Å². The van der Waals surface area contributed by atoms with Crippen LogP contribution in [0.3, 0.4) is 0 Å². The molecule has 0 aromatic carbocycles. The van der Waals surface area contributed by atoms with Gasteiger partial charge in [0.1, 0.15) is 0 Å². The van der Waals surface area contributed by atoms with Gasteiger partial charge in [0, 0.05) is 4.88 Å². The van der Waals surface area contributed by atoms with Crippen molar-refractivity contribution in [2.75, 3.05) is 0 Å². The Hall–Kier alpha value is -0.300. The molecule has 0 fully saturated rings. The van der Waals surface area contributed by atoms with Gasteiger partial charge >= 0.3 is 0 Å². The zero-order valence-electron chi connectivity index (χ0n) is 6.81. The number of thiophene rings is 1. The topological polar surface area (TPSA) is 0 Å². The molecule has 1 aromatic heterocycles. The lowest BCUT2D eigenvalue weighted by molar-refractivity contribution is 0.622. The van der Waals surface area contributed by atoms with Crippen molar-refractivity contribution in [3.8, 4) is 0 Å². The third-order valence-corrected chi connectivity index (χ3v) is 3.46. The van der Waals surface area contributed by atoms with E-state index >= 15 is 0 Å². The molecule has 0 nitrogen and oxygen atoms in total. The Labute approximate surface area is 72.3 Å². The highest BCUT2D eigenvalue weighted by Gasteiger charge is 2.06. The predicted octanol–water partition coefficient (Wildman–Crippen LogP) is 3.41. The first-order valence-corrected chi connectivity index (χ1v) is 5.40. The summed E-state index contributed by atoms with van der Waals surface area (Å²) in [6.45, 7) is 0. The first-order chi connectivity index (χ1) is 5.47. The Morgan fingerprint density at radius 1 is 1.00 bits per heavy atom. The molecular formula is C10H14S. The maximum absolute atomic E-state index is 2.31. The second-order valence-corrected chi connectivity index (χ2v) is 4.28. The Bertz CT molecular complexity index is 202. The predicted molar refractivity (Wildman–Crippen MR) is 50.2 cm³/mol. The number of aryl methyl sites for hydroxylation is 2. The van der Waals surface area contributed by atoms with Crippen LogP contribution >= 0.6 is 11.3 Å². The van der Waals surface area contributed by atoms with Gasteiger partial charge in [0.05, 0.1) is 0 Å². The van der Waals surface area contributed by atoms with E-state index in [-0.39, 0.29) is 0 Å². The van der Waals surface area contributed by atoms with Crippen LogP contribution in [0.15, 0.2) is 11.4 Å². The van der Waals surface area contributed by atoms with Gasteiger partial charge in [-0.15, -0.1) is 11.3 Å². The lowest BCUT2D eigenvalue weighted by atomic mass is 10.0. The Morgan fingerprint density at radius 2 is 1.82 bits per heavy atom. The lowest BCUT2D eigenvalue weighted by Crippen LogP contribution is -1.94. The molecule has 11 heavy (non-hydrogen) atoms. The minimum atomic E-state index is 1.33. The molecule has 0 N–H and O–H groups in total. The zero-order chi connectivity index (χ0) is 7.52. The lowest BCUT2D eigenvalue weighted by Gasteiger charge is -2.07. The summed E-state index contributed by atoms with van der Waals surface area (Å²) in [6, 6.07) is 2.31. The van der Waals surface area contributed by atoms with Crippen LogP contribution in [-0.2, 0) is 12.8 Å². The number of fused-ring (bicyclic) bond motifs is 1. The van der Waals surface area contributed by atoms with E-state index in [0.717, 1.165) is 0 Å². The van der Waals surface area contributed by atoms with Crippen LogP contribution in [0.2, 0.25) is 0 Å². The molecule has 0 saturated heterocycles. The molecule has 0 radical (unpaired) electrons. The maximum atomic E-state index is 2.31. The number of hydrogen-bond acceptors (Lipinski definition) is 1. The van der Waals surface area contributed by atoms with Crippen LogP contribution in [0, 0.1) is 0 Å². The summed E-state index contributed by atoms with van der Waals surface area (Å²) in [6.07, 6.45) is 8.37. The largest absolute Gasteiger partial charge is 0.149 e. The van der Waals surface area contributed by atoms with Crippen LogP contribution in [0.4, 0.5) is 0 Å². The molecule has 1 aliphatic carbocycles. The Balaban J connectivity index is 2.18. The first-order valence-electron chi connectivity index (χ1n) is 4.52. The third kappa shape index (κ3) is 1.64. The van der Waals surface area contributed by atoms with Crippen molar-refractivity contribution in [3.63, 3.8) is 0 Å². The summed E-state index contributed by atoms with van der Waals surface area (Å²) in [5.41, 5.74) is 1.63. The SMILES string of the molecule is c1cc2c(s1)CCCCCC2. The summed E-state index contributed by atoms with van der Waals surface area (Å²) in [4.78, 5) is 1.66. The zero-order valence-corrected chi connectivity index (χ0v) is 7.62. The molecule has 0 aliphatic heterocycles. The Morgan fingerprint density at radius 3 is 2.73 bits per heavy atom. The highest BCUT2D eigenvalue weighted by Crippen LogP contribution is 2.24. The fourth-order valence-electron chi connectivity index (χ4n) is 1.76. The minimum absolute atomic E-state index is 1.33. The van der Waals surface area contributed by atoms with Crippen molar-refractivity contribution < 1.29 is 0 Å². The van der Waals surface area contributed by atoms with Crippen molar-refractivity contribution in [2.45, 2.75) is 38.5 Å². The van der Waals surface area contributed by atoms with Gasteiger partial charge < -0.3 is 0 Å². The third-order valence-electron chi connectivity index (χ3n) is 2.44. The van der Waals surface area contributed by atoms with Crippen LogP contribution in [-0.4, -0.2) is 0 Å². The molecule has 1 heterocycles. The summed E-state index contributed by atoms with van der Waals surface area (Å²) in [5, 5.41) is 2.25. The van der Waals surface area contributed by atoms with Crippen LogP contribution in [0.1, 0.15) is 36.1 Å². The second-order valence-electron chi connectivity index (χ2n) is 3.28. The fourth-order valence-corrected chi connectivity index (χ4v) is 2.74. The van der Waals surface area contributed by atoms with E-state index in [0.29, 0.717) is 0 Å². The van der Waals surface area contributed by atoms with E-state index in [2.05, 4.69) is 11.4 Å². The van der Waals surface area contributed by atoms with Crippen LogP contribution < -0.4 is 0 Å². The first kappa shape index (κ1) is 7.35. The van der Waals surface area contributed by atoms with E-state index < -0.39 is 0 Å². The van der Waals surface area contributed by atoms with E-state index in [1.807, 2.05) is 11.3 Å². The van der Waals surface area contributed by atoms with Gasteiger partial charge in [-0.25, -0.2) is 0 Å². The molecular weight excluding hydrogens is 152 g/mol. The van der Waals surface area contributed by atoms with E-state index in [1.54, 1.807) is 10.4 Å². The van der Waals surface area contributed by atoms with E-state index in [9.17, 15) is 0 Å². The monoisotopic (exact) mass is 166 g/mol. The van der Waals surface area contributed by atoms with Gasteiger partial charge in [0.15, 0.2) is 0 Å². The van der Waals surface area contributed by atoms with E-state index in [4.69, 9.17) is 0 Å². The minimum Gasteiger partial charge on any atom is -0.149 e. The van der Waals surface area contributed by atoms with Gasteiger partial charge in [-0.05, 0) is 42.7 Å². The normalized spacial score (nSPS) is 18.5. The molecule has 0 spiro atoms. The van der Waals surface area contributed by atoms with Gasteiger partial charge in [-0.1, -0.05) is 12.8 Å². The van der Waals surface area contributed by atoms with Crippen molar-refractivity contribution >= 4 is 11.3 Å². The molecule has 1 aromatic rings. The molecule has 2 rings (SSSR count). The van der Waals surface area contributed by atoms with Gasteiger partial charge in [0.2, 0.25) is 0 Å². The summed E-state index contributed by atoms with van der Waals surface area (Å²) in [7, 11) is 0. The van der Waals surface area contributed by atoms with Crippen molar-refractivity contribution in [1.82, 2.24) is 0 Å². The molecule has 0 saturated carbocycles. The second kappa shape index (κ2) is 3.40. The maximum Gasteiger partial charge on any atom is 0.00772 e. The van der Waals surface area contributed by atoms with Gasteiger partial charge in [0.25, 0.3) is 0 Å². The average Bonchev–Trinajstić information content (AvgIpc) is 2.35. The summed E-state index contributed by atoms with van der Waals surface area (Å²) < 4.78 is 0. The summed E-state index contributed by atoms with van der Waals surface area (Å²) >= 11 is 1.95. The van der Waals surface area contributed by atoms with Gasteiger partial charge in [-0.3, -0.25) is 0 Å². The summed E-state index contributed by atoms with van der Waals surface area (Å²) in [5.74, 6) is 0. The van der Waals surface area contributed by atoms with Crippen molar-refractivity contribution in [2.24, 2.45) is 0 Å². The highest BCUT2D eigenvalue weighted by molar-refractivity contribution is 7.10. The molecule has 0 atom stereocenters. The molecule has 0 bridgehead atoms. The number of hydrogen-bond donors (Lipinski definition) is 0. The standard InChI is InChI=1S/C10H14S/c1-2-4-6-10-9(5-3-1)7-8-11-10/h7-8H,1-6H2. The van der Waals surface area contributed by atoms with Crippen LogP contribution in [0.25, 0.3) is 0 Å². The van der Waals surface area contributed by atoms with Gasteiger partial charge in [-0.2, -0.15) is 0 Å². The fraction of sp³-hybridized carbons (Fsp3) is 0.600. The molecule has 0 unspecified atom stereocenters. The smallest absolute Gasteiger partial charge is 0.00772 e. The molecule has 0 amide bonds. The van der Waals surface area contributed by atoms with E-state index in [1.165, 1.54) is 38.5 Å². The molecule has 1 heteroatoms. The average molecular weight is 166 g/mol. The van der Waals surface area contributed by atoms with Crippen molar-refractivity contribution in [3.05, 3.63) is 21.9 Å². The number of rotatable bonds is 0. The molecule has 1 aliphatic rings. The quantitative estimate of drug-likeness (QED) is 0.554.